The number of hydrogen-bond acceptors (Lipinski definition) is 3. The molecule has 0 unspecified atom stereocenters. The number of rotatable bonds is 3. The Morgan fingerprint density at radius 3 is 2.81 bits per heavy atom. The quantitative estimate of drug-likeness (QED) is 0.719. The van der Waals surface area contributed by atoms with E-state index < -0.39 is 5.82 Å². The number of aromatic amines is 1. The Kier molecular flexibility index (Phi) is 3.31. The molecule has 3 aromatic rings. The van der Waals surface area contributed by atoms with Crippen molar-refractivity contribution in [1.29, 1.82) is 0 Å². The Morgan fingerprint density at radius 1 is 1.24 bits per heavy atom. The van der Waals surface area contributed by atoms with E-state index >= 15 is 0 Å². The van der Waals surface area contributed by atoms with Crippen LogP contribution in [0.5, 0.6) is 11.6 Å². The lowest BCUT2D eigenvalue weighted by molar-refractivity contribution is 0.386. The number of fused-ring (bicyclic) bond motifs is 1. The van der Waals surface area contributed by atoms with E-state index in [1.54, 1.807) is 6.07 Å². The minimum atomic E-state index is -0.477. The van der Waals surface area contributed by atoms with Gasteiger partial charge in [0, 0.05) is 23.2 Å². The van der Waals surface area contributed by atoms with Gasteiger partial charge in [-0.1, -0.05) is 18.2 Å². The molecular formula is C16H13FN2O2. The Morgan fingerprint density at radius 2 is 2.05 bits per heavy atom. The van der Waals surface area contributed by atoms with Crippen LogP contribution in [0.2, 0.25) is 0 Å². The molecule has 21 heavy (non-hydrogen) atoms. The number of nitrogens with one attached hydrogen (secondary N) is 1. The molecule has 0 aliphatic carbocycles. The van der Waals surface area contributed by atoms with Gasteiger partial charge in [-0.25, -0.2) is 4.39 Å². The number of methoxy groups -OCH3 is 1. The molecule has 0 saturated carbocycles. The van der Waals surface area contributed by atoms with Crippen LogP contribution >= 0.6 is 0 Å². The first kappa shape index (κ1) is 13.2. The summed E-state index contributed by atoms with van der Waals surface area (Å²) in [5.41, 5.74) is 1.83. The number of aromatic nitrogens is 1. The molecule has 106 valence electrons. The maximum Gasteiger partial charge on any atom is 0.198 e. The van der Waals surface area contributed by atoms with Crippen LogP contribution in [0.4, 0.5) is 10.1 Å². The molecular weight excluding hydrogens is 271 g/mol. The lowest BCUT2D eigenvalue weighted by Crippen LogP contribution is -1.86. The monoisotopic (exact) mass is 284 g/mol. The van der Waals surface area contributed by atoms with Crippen LogP contribution < -0.4 is 4.74 Å². The third-order valence-corrected chi connectivity index (χ3v) is 3.20. The van der Waals surface area contributed by atoms with Crippen LogP contribution in [0.25, 0.3) is 10.9 Å². The molecule has 3 rings (SSSR count). The predicted octanol–water partition coefficient (Wildman–Crippen LogP) is 3.77. The average Bonchev–Trinajstić information content (AvgIpc) is 2.81. The number of halogens is 1. The second kappa shape index (κ2) is 5.28. The molecule has 1 heterocycles. The fourth-order valence-electron chi connectivity index (χ4n) is 2.15. The highest BCUT2D eigenvalue weighted by molar-refractivity contribution is 6.02. The van der Waals surface area contributed by atoms with Gasteiger partial charge in [0.1, 0.15) is 0 Å². The second-order valence-corrected chi connectivity index (χ2v) is 4.51. The van der Waals surface area contributed by atoms with Gasteiger partial charge in [0.25, 0.3) is 0 Å². The fourth-order valence-corrected chi connectivity index (χ4v) is 2.15. The van der Waals surface area contributed by atoms with Crippen LogP contribution in [0.15, 0.2) is 47.5 Å². The Hall–Kier alpha value is -2.82. The molecule has 0 bridgehead atoms. The van der Waals surface area contributed by atoms with Crippen molar-refractivity contribution < 1.29 is 14.2 Å². The van der Waals surface area contributed by atoms with Crippen molar-refractivity contribution in [3.05, 3.63) is 53.8 Å². The second-order valence-electron chi connectivity index (χ2n) is 4.51. The smallest absolute Gasteiger partial charge is 0.198 e. The highest BCUT2D eigenvalue weighted by Gasteiger charge is 2.08. The molecule has 2 N–H and O–H groups in total. The summed E-state index contributed by atoms with van der Waals surface area (Å²) in [6.45, 7) is 0. The molecule has 0 amide bonds. The molecule has 0 aliphatic heterocycles. The number of H-pyrrole nitrogens is 1. The SMILES string of the molecule is COc1ccc(N=Cc2c(O)[nH]c3ccccc23)cc1F. The zero-order valence-corrected chi connectivity index (χ0v) is 11.3. The van der Waals surface area contributed by atoms with E-state index in [4.69, 9.17) is 4.74 Å². The number of benzene rings is 2. The van der Waals surface area contributed by atoms with Crippen molar-refractivity contribution in [2.24, 2.45) is 4.99 Å². The minimum absolute atomic E-state index is 0.0360. The standard InChI is InChI=1S/C16H13FN2O2/c1-21-15-7-6-10(8-13(15)17)18-9-12-11-4-2-3-5-14(11)19-16(12)20/h2-9,19-20H,1H3. The van der Waals surface area contributed by atoms with Crippen LogP contribution in [-0.4, -0.2) is 23.4 Å². The highest BCUT2D eigenvalue weighted by atomic mass is 19.1. The number of aliphatic imine (C=N–C) groups is 1. The first-order chi connectivity index (χ1) is 10.2. The van der Waals surface area contributed by atoms with E-state index in [0.717, 1.165) is 10.9 Å². The zero-order valence-electron chi connectivity index (χ0n) is 11.3. The first-order valence-electron chi connectivity index (χ1n) is 6.36. The first-order valence-corrected chi connectivity index (χ1v) is 6.36. The molecule has 5 heteroatoms. The fraction of sp³-hybridized carbons (Fsp3) is 0.0625. The molecule has 2 aromatic carbocycles. The summed E-state index contributed by atoms with van der Waals surface area (Å²) in [5.74, 6) is -0.270. The van der Waals surface area contributed by atoms with Gasteiger partial charge in [-0.15, -0.1) is 0 Å². The molecule has 0 radical (unpaired) electrons. The van der Waals surface area contributed by atoms with Gasteiger partial charge >= 0.3 is 0 Å². The van der Waals surface area contributed by atoms with Crippen LogP contribution in [0.1, 0.15) is 5.56 Å². The van der Waals surface area contributed by atoms with E-state index in [1.807, 2.05) is 24.3 Å². The van der Waals surface area contributed by atoms with E-state index in [9.17, 15) is 9.50 Å². The molecule has 1 aromatic heterocycles. The molecule has 0 spiro atoms. The maximum atomic E-state index is 13.6. The maximum absolute atomic E-state index is 13.6. The third-order valence-electron chi connectivity index (χ3n) is 3.20. The van der Waals surface area contributed by atoms with Crippen molar-refractivity contribution >= 4 is 22.8 Å². The number of aromatic hydroxyl groups is 1. The van der Waals surface area contributed by atoms with Gasteiger partial charge in [0.2, 0.25) is 0 Å². The van der Waals surface area contributed by atoms with Crippen molar-refractivity contribution in [3.63, 3.8) is 0 Å². The van der Waals surface area contributed by atoms with E-state index in [0.29, 0.717) is 11.3 Å². The Bertz CT molecular complexity index is 824. The molecule has 4 nitrogen and oxygen atoms in total. The van der Waals surface area contributed by atoms with E-state index in [2.05, 4.69) is 9.98 Å². The number of ether oxygens (including phenoxy) is 1. The van der Waals surface area contributed by atoms with Gasteiger partial charge in [-0.2, -0.15) is 0 Å². The largest absolute Gasteiger partial charge is 0.494 e. The minimum Gasteiger partial charge on any atom is -0.494 e. The number of hydrogen-bond donors (Lipinski definition) is 2. The number of nitrogens with zero attached hydrogens (tertiary/aromatic N) is 1. The summed E-state index contributed by atoms with van der Waals surface area (Å²) in [7, 11) is 1.41. The number of para-hydroxylation sites is 1. The molecule has 0 saturated heterocycles. The summed E-state index contributed by atoms with van der Waals surface area (Å²) in [6, 6.07) is 11.9. The van der Waals surface area contributed by atoms with E-state index in [1.165, 1.54) is 25.5 Å². The van der Waals surface area contributed by atoms with Crippen molar-refractivity contribution in [1.82, 2.24) is 4.98 Å². The Balaban J connectivity index is 1.98. The highest BCUT2D eigenvalue weighted by Crippen LogP contribution is 2.27. The van der Waals surface area contributed by atoms with Gasteiger partial charge in [0.15, 0.2) is 17.4 Å². The topological polar surface area (TPSA) is 57.6 Å². The summed E-state index contributed by atoms with van der Waals surface area (Å²) >= 11 is 0. The van der Waals surface area contributed by atoms with Gasteiger partial charge < -0.3 is 14.8 Å². The predicted molar refractivity (Wildman–Crippen MR) is 80.2 cm³/mol. The normalized spacial score (nSPS) is 11.3. The van der Waals surface area contributed by atoms with Crippen molar-refractivity contribution in [2.45, 2.75) is 0 Å². The molecule has 0 atom stereocenters. The lowest BCUT2D eigenvalue weighted by Gasteiger charge is -2.01. The van der Waals surface area contributed by atoms with Crippen LogP contribution in [-0.2, 0) is 0 Å². The van der Waals surface area contributed by atoms with Gasteiger partial charge in [0.05, 0.1) is 18.4 Å². The van der Waals surface area contributed by atoms with Gasteiger partial charge in [-0.3, -0.25) is 4.99 Å². The summed E-state index contributed by atoms with van der Waals surface area (Å²) in [4.78, 5) is 7.06. The van der Waals surface area contributed by atoms with Crippen molar-refractivity contribution in [2.75, 3.05) is 7.11 Å². The lowest BCUT2D eigenvalue weighted by atomic mass is 10.2. The van der Waals surface area contributed by atoms with Crippen LogP contribution in [0, 0.1) is 5.82 Å². The average molecular weight is 284 g/mol. The van der Waals surface area contributed by atoms with Crippen molar-refractivity contribution in [3.8, 4) is 11.6 Å². The van der Waals surface area contributed by atoms with Gasteiger partial charge in [-0.05, 0) is 18.2 Å². The summed E-state index contributed by atoms with van der Waals surface area (Å²) < 4.78 is 18.4. The third kappa shape index (κ3) is 2.45. The Labute approximate surface area is 120 Å². The van der Waals surface area contributed by atoms with E-state index in [-0.39, 0.29) is 11.6 Å². The molecule has 0 aliphatic rings. The summed E-state index contributed by atoms with van der Waals surface area (Å²) in [6.07, 6.45) is 1.51. The zero-order chi connectivity index (χ0) is 14.8. The summed E-state index contributed by atoms with van der Waals surface area (Å²) in [5, 5.41) is 10.8. The molecule has 0 fully saturated rings. The van der Waals surface area contributed by atoms with Crippen LogP contribution in [0.3, 0.4) is 0 Å².